The van der Waals surface area contributed by atoms with Crippen LogP contribution in [0.2, 0.25) is 0 Å². The van der Waals surface area contributed by atoms with Gasteiger partial charge < -0.3 is 4.90 Å². The molecule has 0 unspecified atom stereocenters. The Kier molecular flexibility index (Phi) is 3.92. The Bertz CT molecular complexity index is 339. The summed E-state index contributed by atoms with van der Waals surface area (Å²) in [4.78, 5) is 2.16. The summed E-state index contributed by atoms with van der Waals surface area (Å²) in [5.74, 6) is 2.09. The molecule has 82 valence electrons. The predicted octanol–water partition coefficient (Wildman–Crippen LogP) is 3.27. The first-order chi connectivity index (χ1) is 7.33. The van der Waals surface area contributed by atoms with Gasteiger partial charge in [0.05, 0.1) is 5.69 Å². The highest BCUT2D eigenvalue weighted by atomic mass is 79.9. The number of para-hydroxylation sites is 1. The van der Waals surface area contributed by atoms with Crippen molar-refractivity contribution >= 4 is 33.4 Å². The number of alkyl halides is 1. The molecule has 1 fully saturated rings. The van der Waals surface area contributed by atoms with E-state index in [1.165, 1.54) is 0 Å². The first kappa shape index (κ1) is 11.3. The SMILES string of the molecule is Fc1cccc(CBr)c1N1CCSCC1. The Hall–Kier alpha value is -0.220. The molecule has 0 atom stereocenters. The first-order valence-corrected chi connectivity index (χ1v) is 7.26. The fourth-order valence-electron chi connectivity index (χ4n) is 1.81. The molecule has 1 nitrogen and oxygen atoms in total. The fourth-order valence-corrected chi connectivity index (χ4v) is 3.16. The average Bonchev–Trinajstić information content (AvgIpc) is 2.29. The lowest BCUT2D eigenvalue weighted by Gasteiger charge is -2.30. The summed E-state index contributed by atoms with van der Waals surface area (Å²) in [5.41, 5.74) is 1.83. The van der Waals surface area contributed by atoms with Crippen LogP contribution in [0.15, 0.2) is 18.2 Å². The molecule has 0 spiro atoms. The molecule has 0 amide bonds. The third kappa shape index (κ3) is 2.48. The Labute approximate surface area is 102 Å². The Morgan fingerprint density at radius 3 is 2.73 bits per heavy atom. The minimum atomic E-state index is -0.0983. The summed E-state index contributed by atoms with van der Waals surface area (Å²) in [6.45, 7) is 1.90. The lowest BCUT2D eigenvalue weighted by molar-refractivity contribution is 0.618. The third-order valence-electron chi connectivity index (χ3n) is 2.54. The molecule has 0 bridgehead atoms. The molecule has 0 aliphatic carbocycles. The van der Waals surface area contributed by atoms with Crippen LogP contribution >= 0.6 is 27.7 Å². The largest absolute Gasteiger partial charge is 0.367 e. The van der Waals surface area contributed by atoms with Gasteiger partial charge in [-0.15, -0.1) is 0 Å². The van der Waals surface area contributed by atoms with Gasteiger partial charge in [-0.05, 0) is 11.6 Å². The van der Waals surface area contributed by atoms with Crippen molar-refractivity contribution in [2.24, 2.45) is 0 Å². The van der Waals surface area contributed by atoms with Crippen LogP contribution in [-0.2, 0) is 5.33 Å². The van der Waals surface area contributed by atoms with Crippen LogP contribution in [0.3, 0.4) is 0 Å². The lowest BCUT2D eigenvalue weighted by atomic mass is 10.1. The van der Waals surface area contributed by atoms with Crippen molar-refractivity contribution in [2.75, 3.05) is 29.5 Å². The van der Waals surface area contributed by atoms with Crippen LogP contribution in [0, 0.1) is 5.82 Å². The molecule has 1 aromatic rings. The first-order valence-electron chi connectivity index (χ1n) is 4.99. The maximum absolute atomic E-state index is 13.8. The second-order valence-electron chi connectivity index (χ2n) is 3.48. The maximum atomic E-state index is 13.8. The van der Waals surface area contributed by atoms with Crippen LogP contribution in [-0.4, -0.2) is 24.6 Å². The highest BCUT2D eigenvalue weighted by Gasteiger charge is 2.17. The van der Waals surface area contributed by atoms with Gasteiger partial charge in [-0.3, -0.25) is 0 Å². The lowest BCUT2D eigenvalue weighted by Crippen LogP contribution is -2.33. The van der Waals surface area contributed by atoms with E-state index in [9.17, 15) is 4.39 Å². The summed E-state index contributed by atoms with van der Waals surface area (Å²) in [6.07, 6.45) is 0. The molecule has 0 N–H and O–H groups in total. The molecule has 15 heavy (non-hydrogen) atoms. The van der Waals surface area contributed by atoms with Gasteiger partial charge >= 0.3 is 0 Å². The van der Waals surface area contributed by atoms with Crippen LogP contribution in [0.5, 0.6) is 0 Å². The van der Waals surface area contributed by atoms with Crippen molar-refractivity contribution in [1.29, 1.82) is 0 Å². The van der Waals surface area contributed by atoms with Gasteiger partial charge in [0.1, 0.15) is 5.82 Å². The Balaban J connectivity index is 2.31. The van der Waals surface area contributed by atoms with Crippen LogP contribution in [0.4, 0.5) is 10.1 Å². The van der Waals surface area contributed by atoms with E-state index in [1.54, 1.807) is 12.1 Å². The normalized spacial score (nSPS) is 16.8. The molecular formula is C11H13BrFNS. The van der Waals surface area contributed by atoms with Crippen LogP contribution in [0.1, 0.15) is 5.56 Å². The average molecular weight is 290 g/mol. The van der Waals surface area contributed by atoms with Gasteiger partial charge in [-0.1, -0.05) is 28.1 Å². The van der Waals surface area contributed by atoms with Crippen LogP contribution in [0.25, 0.3) is 0 Å². The van der Waals surface area contributed by atoms with Gasteiger partial charge in [0.15, 0.2) is 0 Å². The molecule has 1 saturated heterocycles. The minimum Gasteiger partial charge on any atom is -0.367 e. The summed E-state index contributed by atoms with van der Waals surface area (Å²) in [6, 6.07) is 5.30. The highest BCUT2D eigenvalue weighted by Crippen LogP contribution is 2.28. The highest BCUT2D eigenvalue weighted by molar-refractivity contribution is 9.08. The van der Waals surface area contributed by atoms with Crippen molar-refractivity contribution in [3.63, 3.8) is 0 Å². The second kappa shape index (κ2) is 5.21. The molecule has 4 heteroatoms. The zero-order chi connectivity index (χ0) is 10.7. The van der Waals surface area contributed by atoms with E-state index in [4.69, 9.17) is 0 Å². The topological polar surface area (TPSA) is 3.24 Å². The number of rotatable bonds is 2. The number of halogens is 2. The van der Waals surface area contributed by atoms with Gasteiger partial charge in [0, 0.05) is 29.9 Å². The monoisotopic (exact) mass is 289 g/mol. The standard InChI is InChI=1S/C11H13BrFNS/c12-8-9-2-1-3-10(13)11(9)14-4-6-15-7-5-14/h1-3H,4-8H2. The van der Waals surface area contributed by atoms with Crippen LogP contribution < -0.4 is 4.90 Å². The number of benzene rings is 1. The van der Waals surface area contributed by atoms with E-state index in [0.717, 1.165) is 35.8 Å². The number of anilines is 1. The van der Waals surface area contributed by atoms with Gasteiger partial charge in [0.25, 0.3) is 0 Å². The molecular weight excluding hydrogens is 277 g/mol. The summed E-state index contributed by atoms with van der Waals surface area (Å²) in [7, 11) is 0. The fraction of sp³-hybridized carbons (Fsp3) is 0.455. The molecule has 1 aromatic carbocycles. The van der Waals surface area contributed by atoms with Gasteiger partial charge in [-0.2, -0.15) is 11.8 Å². The number of hydrogen-bond donors (Lipinski definition) is 0. The molecule has 1 aliphatic heterocycles. The quantitative estimate of drug-likeness (QED) is 0.769. The second-order valence-corrected chi connectivity index (χ2v) is 5.27. The molecule has 2 rings (SSSR count). The molecule has 0 saturated carbocycles. The summed E-state index contributed by atoms with van der Waals surface area (Å²) in [5, 5.41) is 0.712. The molecule has 0 aromatic heterocycles. The van der Waals surface area contributed by atoms with Crippen molar-refractivity contribution in [2.45, 2.75) is 5.33 Å². The smallest absolute Gasteiger partial charge is 0.146 e. The van der Waals surface area contributed by atoms with Gasteiger partial charge in [0.2, 0.25) is 0 Å². The maximum Gasteiger partial charge on any atom is 0.146 e. The van der Waals surface area contributed by atoms with Crippen molar-refractivity contribution in [3.8, 4) is 0 Å². The molecule has 1 heterocycles. The van der Waals surface area contributed by atoms with E-state index in [1.807, 2.05) is 17.8 Å². The van der Waals surface area contributed by atoms with Crippen molar-refractivity contribution in [1.82, 2.24) is 0 Å². The van der Waals surface area contributed by atoms with Gasteiger partial charge in [-0.25, -0.2) is 4.39 Å². The van der Waals surface area contributed by atoms with Crippen molar-refractivity contribution < 1.29 is 4.39 Å². The van der Waals surface area contributed by atoms with E-state index in [2.05, 4.69) is 20.8 Å². The van der Waals surface area contributed by atoms with E-state index in [0.29, 0.717) is 5.33 Å². The minimum absolute atomic E-state index is 0.0983. The number of nitrogens with zero attached hydrogens (tertiary/aromatic N) is 1. The summed E-state index contributed by atoms with van der Waals surface area (Å²) < 4.78 is 13.8. The molecule has 1 aliphatic rings. The van der Waals surface area contributed by atoms with E-state index < -0.39 is 0 Å². The zero-order valence-electron chi connectivity index (χ0n) is 8.38. The van der Waals surface area contributed by atoms with E-state index >= 15 is 0 Å². The number of thioether (sulfide) groups is 1. The predicted molar refractivity (Wildman–Crippen MR) is 68.6 cm³/mol. The molecule has 0 radical (unpaired) electrons. The summed E-state index contributed by atoms with van der Waals surface area (Å²) >= 11 is 5.35. The van der Waals surface area contributed by atoms with Crippen molar-refractivity contribution in [3.05, 3.63) is 29.6 Å². The Morgan fingerprint density at radius 2 is 2.07 bits per heavy atom. The van der Waals surface area contributed by atoms with E-state index in [-0.39, 0.29) is 5.82 Å². The zero-order valence-corrected chi connectivity index (χ0v) is 10.8. The Morgan fingerprint density at radius 1 is 1.33 bits per heavy atom. The number of hydrogen-bond acceptors (Lipinski definition) is 2. The third-order valence-corrected chi connectivity index (χ3v) is 4.09.